The van der Waals surface area contributed by atoms with E-state index in [0.717, 1.165) is 50.4 Å². The van der Waals surface area contributed by atoms with Gasteiger partial charge in [-0.25, -0.2) is 4.98 Å². The summed E-state index contributed by atoms with van der Waals surface area (Å²) in [5.74, 6) is 2.05. The molecule has 0 aliphatic carbocycles. The number of pyridine rings is 1. The van der Waals surface area contributed by atoms with Crippen LogP contribution in [-0.2, 0) is 26.5 Å². The summed E-state index contributed by atoms with van der Waals surface area (Å²) in [6.45, 7) is 17.6. The van der Waals surface area contributed by atoms with Crippen LogP contribution in [0.4, 0.5) is 22.7 Å². The number of fused-ring (bicyclic) bond motifs is 4. The molecule has 0 saturated heterocycles. The van der Waals surface area contributed by atoms with E-state index in [9.17, 15) is 0 Å². The molecule has 0 saturated carbocycles. The van der Waals surface area contributed by atoms with E-state index in [1.165, 1.54) is 50.1 Å². The summed E-state index contributed by atoms with van der Waals surface area (Å²) in [6, 6.07) is 59.1. The van der Waals surface area contributed by atoms with Crippen molar-refractivity contribution in [3.8, 4) is 39.6 Å². The number of hydrogen-bond donors (Lipinski definition) is 0. The smallest absolute Gasteiger partial charge is 0.135 e. The van der Waals surface area contributed by atoms with Crippen molar-refractivity contribution < 1.29 is 25.8 Å². The fourth-order valence-corrected chi connectivity index (χ4v) is 8.94. The van der Waals surface area contributed by atoms with Crippen LogP contribution in [0.5, 0.6) is 11.5 Å². The zero-order valence-electron chi connectivity index (χ0n) is 36.0. The molecule has 5 nitrogen and oxygen atoms in total. The third-order valence-corrected chi connectivity index (χ3v) is 11.6. The molecular formula is C56H47N4OPt-3. The molecule has 7 aromatic carbocycles. The molecular weight excluding hydrogens is 940 g/mol. The van der Waals surface area contributed by atoms with Crippen molar-refractivity contribution in [1.82, 2.24) is 9.55 Å². The number of rotatable bonds is 7. The van der Waals surface area contributed by atoms with Gasteiger partial charge in [0.2, 0.25) is 0 Å². The summed E-state index contributed by atoms with van der Waals surface area (Å²) in [5, 5.41) is 2.23. The summed E-state index contributed by atoms with van der Waals surface area (Å²) in [7, 11) is 0. The zero-order valence-corrected chi connectivity index (χ0v) is 38.3. The Bertz CT molecular complexity index is 3050. The molecule has 3 heterocycles. The zero-order chi connectivity index (χ0) is 42.0. The van der Waals surface area contributed by atoms with E-state index in [1.807, 2.05) is 24.4 Å². The summed E-state index contributed by atoms with van der Waals surface area (Å²) in [5.41, 5.74) is 17.0. The summed E-state index contributed by atoms with van der Waals surface area (Å²) in [6.07, 6.45) is 1.90. The Labute approximate surface area is 379 Å². The van der Waals surface area contributed by atoms with Crippen molar-refractivity contribution in [2.75, 3.05) is 9.80 Å². The predicted molar refractivity (Wildman–Crippen MR) is 253 cm³/mol. The second-order valence-corrected chi connectivity index (χ2v) is 17.4. The molecule has 1 aliphatic rings. The first-order valence-electron chi connectivity index (χ1n) is 20.9. The van der Waals surface area contributed by atoms with E-state index in [-0.39, 0.29) is 26.5 Å². The van der Waals surface area contributed by atoms with Gasteiger partial charge in [-0.2, -0.15) is 12.1 Å². The first kappa shape index (κ1) is 41.0. The Balaban J connectivity index is 0.00000490. The van der Waals surface area contributed by atoms with E-state index in [0.29, 0.717) is 11.5 Å². The molecule has 0 spiro atoms. The van der Waals surface area contributed by atoms with E-state index in [2.05, 4.69) is 209 Å². The van der Waals surface area contributed by atoms with Crippen LogP contribution in [0.25, 0.3) is 49.9 Å². The summed E-state index contributed by atoms with van der Waals surface area (Å²) in [4.78, 5) is 9.41. The number of aromatic nitrogens is 2. The SMILES string of the molecule is Cc1cc(C)cc(-c2cccc(-c3cc(C)cc(C)c3)c2N2[CH-]N(c3[c-]c(Oc4[c-]c5c(cc4)c4ccccc4n5-c4cc(C(C)(C)C)ccn4)ccc3)c3ccccc32)c1.[Pt]. The van der Waals surface area contributed by atoms with Gasteiger partial charge in [-0.1, -0.05) is 133 Å². The summed E-state index contributed by atoms with van der Waals surface area (Å²) < 4.78 is 8.84. The van der Waals surface area contributed by atoms with Crippen LogP contribution >= 0.6 is 0 Å². The van der Waals surface area contributed by atoms with E-state index in [1.54, 1.807) is 0 Å². The number of ether oxygens (including phenoxy) is 1. The van der Waals surface area contributed by atoms with Crippen LogP contribution in [0.15, 0.2) is 152 Å². The van der Waals surface area contributed by atoms with Crippen LogP contribution < -0.4 is 14.5 Å². The second-order valence-electron chi connectivity index (χ2n) is 17.4. The molecule has 310 valence electrons. The summed E-state index contributed by atoms with van der Waals surface area (Å²) >= 11 is 0. The fourth-order valence-electron chi connectivity index (χ4n) is 8.94. The van der Waals surface area contributed by atoms with Crippen LogP contribution in [-0.4, -0.2) is 9.55 Å². The van der Waals surface area contributed by atoms with Crippen molar-refractivity contribution in [2.24, 2.45) is 0 Å². The second kappa shape index (κ2) is 16.1. The normalized spacial score (nSPS) is 12.5. The van der Waals surface area contributed by atoms with Gasteiger partial charge in [-0.05, 0) is 85.5 Å². The largest absolute Gasteiger partial charge is 0.509 e. The Morgan fingerprint density at radius 3 is 1.82 bits per heavy atom. The van der Waals surface area contributed by atoms with Gasteiger partial charge >= 0.3 is 0 Å². The van der Waals surface area contributed by atoms with Crippen molar-refractivity contribution in [3.05, 3.63) is 198 Å². The fraction of sp³-hybridized carbons (Fsp3) is 0.143. The van der Waals surface area contributed by atoms with Gasteiger partial charge in [0.25, 0.3) is 0 Å². The van der Waals surface area contributed by atoms with Gasteiger partial charge in [0, 0.05) is 72.5 Å². The van der Waals surface area contributed by atoms with E-state index < -0.39 is 0 Å². The van der Waals surface area contributed by atoms with Crippen molar-refractivity contribution in [1.29, 1.82) is 0 Å². The number of hydrogen-bond acceptors (Lipinski definition) is 4. The van der Waals surface area contributed by atoms with Crippen LogP contribution in [0.2, 0.25) is 0 Å². The molecule has 0 fully saturated rings. The van der Waals surface area contributed by atoms with E-state index in [4.69, 9.17) is 9.72 Å². The average molecular weight is 987 g/mol. The van der Waals surface area contributed by atoms with Crippen LogP contribution in [0, 0.1) is 46.5 Å². The Morgan fingerprint density at radius 1 is 0.565 bits per heavy atom. The molecule has 1 aliphatic heterocycles. The molecule has 6 heteroatoms. The van der Waals surface area contributed by atoms with Crippen molar-refractivity contribution >= 4 is 44.6 Å². The molecule has 62 heavy (non-hydrogen) atoms. The minimum atomic E-state index is -0.0223. The van der Waals surface area contributed by atoms with Crippen LogP contribution in [0.1, 0.15) is 48.6 Å². The first-order valence-corrected chi connectivity index (χ1v) is 20.9. The number of para-hydroxylation sites is 4. The maximum Gasteiger partial charge on any atom is 0.135 e. The monoisotopic (exact) mass is 986 g/mol. The van der Waals surface area contributed by atoms with Gasteiger partial charge < -0.3 is 19.1 Å². The van der Waals surface area contributed by atoms with Crippen molar-refractivity contribution in [2.45, 2.75) is 53.9 Å². The number of anilines is 4. The average Bonchev–Trinajstić information content (AvgIpc) is 3.78. The van der Waals surface area contributed by atoms with Gasteiger partial charge in [0.05, 0.1) is 0 Å². The Hall–Kier alpha value is -6.42. The molecule has 9 aromatic rings. The predicted octanol–water partition coefficient (Wildman–Crippen LogP) is 14.8. The topological polar surface area (TPSA) is 33.5 Å². The molecule has 0 amide bonds. The minimum Gasteiger partial charge on any atom is -0.509 e. The van der Waals surface area contributed by atoms with Crippen LogP contribution in [0.3, 0.4) is 0 Å². The minimum absolute atomic E-state index is 0. The van der Waals surface area contributed by atoms with Gasteiger partial charge in [-0.15, -0.1) is 48.1 Å². The molecule has 0 atom stereocenters. The van der Waals surface area contributed by atoms with Gasteiger partial charge in [-0.3, -0.25) is 0 Å². The Morgan fingerprint density at radius 2 is 1.16 bits per heavy atom. The molecule has 10 rings (SSSR count). The Kier molecular flexibility index (Phi) is 10.7. The van der Waals surface area contributed by atoms with Crippen molar-refractivity contribution in [3.63, 3.8) is 0 Å². The molecule has 0 radical (unpaired) electrons. The number of benzene rings is 7. The maximum absolute atomic E-state index is 6.65. The quantitative estimate of drug-likeness (QED) is 0.149. The first-order chi connectivity index (χ1) is 29.5. The third-order valence-electron chi connectivity index (χ3n) is 11.6. The molecule has 0 N–H and O–H groups in total. The third kappa shape index (κ3) is 7.49. The maximum atomic E-state index is 6.65. The molecule has 0 bridgehead atoms. The number of aryl methyl sites for hydroxylation is 4. The van der Waals surface area contributed by atoms with Gasteiger partial charge in [0.1, 0.15) is 5.82 Å². The van der Waals surface area contributed by atoms with E-state index >= 15 is 0 Å². The number of nitrogens with zero attached hydrogens (tertiary/aromatic N) is 4. The molecule has 2 aromatic heterocycles. The van der Waals surface area contributed by atoms with Gasteiger partial charge in [0.15, 0.2) is 0 Å². The molecule has 0 unspecified atom stereocenters. The standard InChI is InChI=1S/C56H47N4O.Pt/c1-36-26-37(2)29-40(28-36)46-17-13-18-47(41-30-38(3)27-39(4)31-41)55(46)59-35-58(51-20-10-11-21-52(51)59)43-14-12-15-44(33-43)61-45-22-23-49-48-16-8-9-19-50(48)60(53(49)34-45)54-32-42(24-25-57-54)56(5,6)7;/h8-32,35H,1-7H3;/q-3;.